The number of nitrogens with zero attached hydrogens (tertiary/aromatic N) is 3. The van der Waals surface area contributed by atoms with Gasteiger partial charge in [0.05, 0.1) is 17.6 Å². The van der Waals surface area contributed by atoms with Gasteiger partial charge in [-0.1, -0.05) is 5.16 Å². The third kappa shape index (κ3) is 3.31. The van der Waals surface area contributed by atoms with Crippen LogP contribution in [0.1, 0.15) is 16.1 Å². The number of hydrogen-bond donors (Lipinski definition) is 1. The average molecular weight is 459 g/mol. The second-order valence-corrected chi connectivity index (χ2v) is 8.22. The van der Waals surface area contributed by atoms with E-state index in [9.17, 15) is 18.0 Å². The van der Waals surface area contributed by atoms with Gasteiger partial charge in [-0.25, -0.2) is 17.9 Å². The molecule has 0 bridgehead atoms. The highest BCUT2D eigenvalue weighted by Crippen LogP contribution is 2.27. The van der Waals surface area contributed by atoms with Crippen LogP contribution in [0.5, 0.6) is 0 Å². The van der Waals surface area contributed by atoms with Crippen molar-refractivity contribution in [3.8, 4) is 0 Å². The zero-order valence-electron chi connectivity index (χ0n) is 14.5. The van der Waals surface area contributed by atoms with Crippen LogP contribution >= 0.6 is 15.9 Å². The summed E-state index contributed by atoms with van der Waals surface area (Å²) in [5.41, 5.74) is 0.767. The molecule has 0 atom stereocenters. The molecule has 2 aromatic heterocycles. The summed E-state index contributed by atoms with van der Waals surface area (Å²) in [5, 5.41) is 3.61. The first kappa shape index (κ1) is 19.3. The predicted molar refractivity (Wildman–Crippen MR) is 97.7 cm³/mol. The summed E-state index contributed by atoms with van der Waals surface area (Å²) in [7, 11) is 0.274. The summed E-state index contributed by atoms with van der Waals surface area (Å²) in [6.07, 6.45) is 1.04. The number of sulfonamides is 1. The monoisotopic (exact) mass is 458 g/mol. The molecule has 3 aromatic rings. The summed E-state index contributed by atoms with van der Waals surface area (Å²) in [6.45, 7) is -0.0128. The maximum absolute atomic E-state index is 12.7. The summed E-state index contributed by atoms with van der Waals surface area (Å²) in [6, 6.07) is 2.83. The van der Waals surface area contributed by atoms with Crippen LogP contribution in [-0.4, -0.2) is 35.7 Å². The van der Waals surface area contributed by atoms with Crippen molar-refractivity contribution < 1.29 is 22.5 Å². The normalized spacial score (nSPS) is 11.9. The molecule has 0 spiro atoms. The van der Waals surface area contributed by atoms with Gasteiger partial charge in [-0.15, -0.1) is 0 Å². The molecule has 0 unspecified atom stereocenters. The molecule has 0 aliphatic carbocycles. The van der Waals surface area contributed by atoms with Crippen LogP contribution in [0.25, 0.3) is 11.0 Å². The molecule has 1 aromatic carbocycles. The number of hydrogen-bond acceptors (Lipinski definition) is 7. The standard InChI is InChI=1S/C15H15BrN4O6S/c1-19-11-4-9(16)13(5-12(11)20(2)15(19)22)27(23,24)18-14(21)8-6-26-17-10(8)7-25-3/h4-6H,7H2,1-3H3,(H,18,21). The molecule has 2 heterocycles. The van der Waals surface area contributed by atoms with Gasteiger partial charge in [0, 0.05) is 25.7 Å². The number of ether oxygens (including phenoxy) is 1. The Balaban J connectivity index is 2.03. The summed E-state index contributed by atoms with van der Waals surface area (Å²) in [4.78, 5) is 24.2. The van der Waals surface area contributed by atoms with E-state index in [1.54, 1.807) is 7.05 Å². The Kier molecular flexibility index (Phi) is 4.97. The topological polar surface area (TPSA) is 125 Å². The van der Waals surface area contributed by atoms with Crippen LogP contribution < -0.4 is 10.4 Å². The van der Waals surface area contributed by atoms with E-state index in [0.717, 1.165) is 6.26 Å². The van der Waals surface area contributed by atoms with Crippen molar-refractivity contribution in [2.75, 3.05) is 7.11 Å². The maximum Gasteiger partial charge on any atom is 0.328 e. The van der Waals surface area contributed by atoms with E-state index in [1.165, 1.54) is 35.4 Å². The van der Waals surface area contributed by atoms with E-state index in [-0.39, 0.29) is 32.9 Å². The van der Waals surface area contributed by atoms with Crippen LogP contribution in [0, 0.1) is 0 Å². The van der Waals surface area contributed by atoms with Crippen molar-refractivity contribution in [2.24, 2.45) is 14.1 Å². The lowest BCUT2D eigenvalue weighted by Crippen LogP contribution is -2.31. The first-order valence-electron chi connectivity index (χ1n) is 7.51. The molecule has 0 saturated heterocycles. The molecule has 12 heteroatoms. The number of carbonyl (C=O) groups is 1. The van der Waals surface area contributed by atoms with Crippen molar-refractivity contribution in [3.05, 3.63) is 44.6 Å². The zero-order valence-corrected chi connectivity index (χ0v) is 16.9. The lowest BCUT2D eigenvalue weighted by Gasteiger charge is -2.09. The maximum atomic E-state index is 12.7. The Hall–Kier alpha value is -2.44. The Morgan fingerprint density at radius 2 is 1.93 bits per heavy atom. The molecule has 0 fully saturated rings. The molecular weight excluding hydrogens is 444 g/mol. The predicted octanol–water partition coefficient (Wildman–Crippen LogP) is 0.893. The number of imidazole rings is 1. The molecule has 0 radical (unpaired) electrons. The van der Waals surface area contributed by atoms with Gasteiger partial charge in [0.2, 0.25) is 0 Å². The fourth-order valence-electron chi connectivity index (χ4n) is 2.62. The molecule has 27 heavy (non-hydrogen) atoms. The van der Waals surface area contributed by atoms with Crippen LogP contribution in [0.3, 0.4) is 0 Å². The van der Waals surface area contributed by atoms with E-state index >= 15 is 0 Å². The van der Waals surface area contributed by atoms with Crippen LogP contribution in [0.4, 0.5) is 0 Å². The van der Waals surface area contributed by atoms with Gasteiger partial charge in [0.15, 0.2) is 0 Å². The van der Waals surface area contributed by atoms with Gasteiger partial charge < -0.3 is 9.26 Å². The van der Waals surface area contributed by atoms with Crippen LogP contribution in [0.2, 0.25) is 0 Å². The second kappa shape index (κ2) is 6.94. The number of rotatable bonds is 5. The van der Waals surface area contributed by atoms with E-state index < -0.39 is 15.9 Å². The molecular formula is C15H15BrN4O6S. The van der Waals surface area contributed by atoms with E-state index in [0.29, 0.717) is 11.0 Å². The lowest BCUT2D eigenvalue weighted by molar-refractivity contribution is 0.0976. The summed E-state index contributed by atoms with van der Waals surface area (Å²) >= 11 is 3.19. The third-order valence-corrected chi connectivity index (χ3v) is 6.30. The van der Waals surface area contributed by atoms with Crippen molar-refractivity contribution in [3.63, 3.8) is 0 Å². The highest BCUT2D eigenvalue weighted by Gasteiger charge is 2.26. The number of fused-ring (bicyclic) bond motifs is 1. The van der Waals surface area contributed by atoms with E-state index in [4.69, 9.17) is 9.26 Å². The number of nitrogens with one attached hydrogen (secondary N) is 1. The van der Waals surface area contributed by atoms with Crippen molar-refractivity contribution in [1.29, 1.82) is 0 Å². The molecule has 10 nitrogen and oxygen atoms in total. The van der Waals surface area contributed by atoms with Gasteiger partial charge in [0.1, 0.15) is 22.4 Å². The smallest absolute Gasteiger partial charge is 0.328 e. The number of benzene rings is 1. The summed E-state index contributed by atoms with van der Waals surface area (Å²) in [5.74, 6) is -0.905. The van der Waals surface area contributed by atoms with Crippen LogP contribution in [0.15, 0.2) is 37.1 Å². The molecule has 1 amide bonds. The Bertz CT molecular complexity index is 1210. The molecule has 0 aliphatic rings. The molecule has 0 saturated carbocycles. The van der Waals surface area contributed by atoms with Crippen LogP contribution in [-0.2, 0) is 35.5 Å². The number of halogens is 1. The van der Waals surface area contributed by atoms with E-state index in [1.807, 2.05) is 4.72 Å². The SMILES string of the molecule is COCc1nocc1C(=O)NS(=O)(=O)c1cc2c(cc1Br)n(C)c(=O)n2C. The van der Waals surface area contributed by atoms with Gasteiger partial charge in [-0.3, -0.25) is 13.9 Å². The van der Waals surface area contributed by atoms with Crippen molar-refractivity contribution in [2.45, 2.75) is 11.5 Å². The third-order valence-electron chi connectivity index (χ3n) is 4.01. The minimum atomic E-state index is -4.24. The number of aryl methyl sites for hydroxylation is 2. The molecule has 1 N–H and O–H groups in total. The zero-order chi connectivity index (χ0) is 19.9. The average Bonchev–Trinajstić information content (AvgIpc) is 3.14. The van der Waals surface area contributed by atoms with Crippen molar-refractivity contribution in [1.82, 2.24) is 19.0 Å². The Morgan fingerprint density at radius 1 is 1.30 bits per heavy atom. The Morgan fingerprint density at radius 3 is 2.56 bits per heavy atom. The number of methoxy groups -OCH3 is 1. The Labute approximate surface area is 161 Å². The molecule has 144 valence electrons. The largest absolute Gasteiger partial charge is 0.378 e. The number of carbonyl (C=O) groups excluding carboxylic acids is 1. The summed E-state index contributed by atoms with van der Waals surface area (Å²) < 4.78 is 40.0. The quantitative estimate of drug-likeness (QED) is 0.601. The lowest BCUT2D eigenvalue weighted by atomic mass is 10.2. The van der Waals surface area contributed by atoms with Gasteiger partial charge in [-0.05, 0) is 28.1 Å². The second-order valence-electron chi connectivity index (χ2n) is 5.71. The molecule has 0 aliphatic heterocycles. The van der Waals surface area contributed by atoms with Gasteiger partial charge in [-0.2, -0.15) is 0 Å². The highest BCUT2D eigenvalue weighted by molar-refractivity contribution is 9.10. The van der Waals surface area contributed by atoms with Crippen molar-refractivity contribution >= 4 is 42.9 Å². The number of aromatic nitrogens is 3. The fourth-order valence-corrected chi connectivity index (χ4v) is 4.64. The minimum absolute atomic E-state index is 0.0128. The van der Waals surface area contributed by atoms with Gasteiger partial charge >= 0.3 is 5.69 Å². The first-order chi connectivity index (χ1) is 12.7. The van der Waals surface area contributed by atoms with Gasteiger partial charge in [0.25, 0.3) is 15.9 Å². The highest BCUT2D eigenvalue weighted by atomic mass is 79.9. The minimum Gasteiger partial charge on any atom is -0.378 e. The van der Waals surface area contributed by atoms with E-state index in [2.05, 4.69) is 21.1 Å². The molecule has 3 rings (SSSR count). The fraction of sp³-hybridized carbons (Fsp3) is 0.267. The number of amides is 1. The first-order valence-corrected chi connectivity index (χ1v) is 9.79.